The molecule has 0 saturated carbocycles. The van der Waals surface area contributed by atoms with Crippen LogP contribution in [0, 0.1) is 10.1 Å². The fourth-order valence-corrected chi connectivity index (χ4v) is 2.92. The zero-order chi connectivity index (χ0) is 20.1. The summed E-state index contributed by atoms with van der Waals surface area (Å²) in [5, 5.41) is 32.2. The summed E-state index contributed by atoms with van der Waals surface area (Å²) < 4.78 is 0. The fraction of sp³-hybridized carbons (Fsp3) is 0.222. The van der Waals surface area contributed by atoms with E-state index in [2.05, 4.69) is 5.32 Å². The number of carbonyl (C=O) groups excluding carboxylic acids is 1. The summed E-state index contributed by atoms with van der Waals surface area (Å²) in [5.41, 5.74) is 0.116. The van der Waals surface area contributed by atoms with E-state index < -0.39 is 34.4 Å². The largest absolute Gasteiger partial charge is 0.508 e. The molecule has 3 N–H and O–H groups in total. The van der Waals surface area contributed by atoms with Gasteiger partial charge in [0.05, 0.1) is 4.92 Å². The average molecular weight is 393 g/mol. The first-order valence-electron chi connectivity index (χ1n) is 8.01. The minimum atomic E-state index is -1.26. The molecule has 2 unspecified atom stereocenters. The van der Waals surface area contributed by atoms with Gasteiger partial charge in [0.2, 0.25) is 0 Å². The summed E-state index contributed by atoms with van der Waals surface area (Å²) in [7, 11) is 0. The molecule has 2 aromatic carbocycles. The van der Waals surface area contributed by atoms with E-state index in [1.807, 2.05) is 0 Å². The highest BCUT2D eigenvalue weighted by Gasteiger charge is 2.30. The summed E-state index contributed by atoms with van der Waals surface area (Å²) in [6.07, 6.45) is 0.406. The first-order chi connectivity index (χ1) is 12.7. The maximum Gasteiger partial charge on any atom is 0.326 e. The van der Waals surface area contributed by atoms with Crippen LogP contribution < -0.4 is 5.32 Å². The third-order valence-corrected chi connectivity index (χ3v) is 4.44. The number of aliphatic carboxylic acids is 1. The van der Waals surface area contributed by atoms with Gasteiger partial charge in [-0.15, -0.1) is 0 Å². The van der Waals surface area contributed by atoms with Gasteiger partial charge in [0.25, 0.3) is 11.6 Å². The molecule has 0 aromatic heterocycles. The molecule has 9 heteroatoms. The Kier molecular flexibility index (Phi) is 6.36. The third kappa shape index (κ3) is 4.73. The minimum absolute atomic E-state index is 0.0398. The van der Waals surface area contributed by atoms with Crippen molar-refractivity contribution in [2.75, 3.05) is 0 Å². The molecular weight excluding hydrogens is 376 g/mol. The number of phenolic OH excluding ortho intramolecular Hbond substituents is 1. The van der Waals surface area contributed by atoms with Gasteiger partial charge < -0.3 is 15.5 Å². The molecular formula is C18H17ClN2O6. The van der Waals surface area contributed by atoms with Crippen molar-refractivity contribution in [3.05, 3.63) is 68.7 Å². The molecule has 0 bridgehead atoms. The van der Waals surface area contributed by atoms with Crippen molar-refractivity contribution in [1.29, 1.82) is 0 Å². The summed E-state index contributed by atoms with van der Waals surface area (Å²) in [4.78, 5) is 34.5. The van der Waals surface area contributed by atoms with E-state index in [4.69, 9.17) is 11.6 Å². The van der Waals surface area contributed by atoms with E-state index in [1.54, 1.807) is 19.1 Å². The van der Waals surface area contributed by atoms with Crippen LogP contribution in [0.15, 0.2) is 42.5 Å². The van der Waals surface area contributed by atoms with Crippen molar-refractivity contribution < 1.29 is 24.7 Å². The number of aromatic hydroxyl groups is 1. The second-order valence-electron chi connectivity index (χ2n) is 5.82. The Bertz CT molecular complexity index is 869. The van der Waals surface area contributed by atoms with Gasteiger partial charge in [0, 0.05) is 17.5 Å². The normalized spacial score (nSPS) is 12.8. The van der Waals surface area contributed by atoms with E-state index in [9.17, 15) is 29.9 Å². The fourth-order valence-electron chi connectivity index (χ4n) is 2.74. The molecule has 27 heavy (non-hydrogen) atoms. The van der Waals surface area contributed by atoms with Crippen LogP contribution in [0.3, 0.4) is 0 Å². The van der Waals surface area contributed by atoms with E-state index in [1.165, 1.54) is 24.3 Å². The predicted octanol–water partition coefficient (Wildman–Crippen LogP) is 3.33. The Morgan fingerprint density at radius 2 is 1.85 bits per heavy atom. The smallest absolute Gasteiger partial charge is 0.326 e. The van der Waals surface area contributed by atoms with Crippen molar-refractivity contribution in [3.63, 3.8) is 0 Å². The lowest BCUT2D eigenvalue weighted by atomic mass is 9.88. The van der Waals surface area contributed by atoms with Crippen LogP contribution in [0.25, 0.3) is 0 Å². The minimum Gasteiger partial charge on any atom is -0.508 e. The van der Waals surface area contributed by atoms with E-state index in [0.717, 1.165) is 6.07 Å². The molecule has 1 amide bonds. The average Bonchev–Trinajstić information content (AvgIpc) is 2.62. The highest BCUT2D eigenvalue weighted by atomic mass is 35.5. The summed E-state index contributed by atoms with van der Waals surface area (Å²) in [6.45, 7) is 1.77. The van der Waals surface area contributed by atoms with Crippen LogP contribution in [-0.2, 0) is 4.79 Å². The number of phenols is 1. The standard InChI is InChI=1S/C18H17ClN2O6/c1-2-13(10-3-6-12(22)7-4-10)16(18(24)25)20-17(23)11-5-8-14(19)15(9-11)21(26)27/h3-9,13,16,22H,2H2,1H3,(H,20,23)(H,24,25). The molecule has 0 fully saturated rings. The van der Waals surface area contributed by atoms with Crippen LogP contribution in [0.4, 0.5) is 5.69 Å². The number of nitrogens with zero attached hydrogens (tertiary/aromatic N) is 1. The number of nitrogens with one attached hydrogen (secondary N) is 1. The van der Waals surface area contributed by atoms with Gasteiger partial charge in [0.1, 0.15) is 16.8 Å². The topological polar surface area (TPSA) is 130 Å². The number of hydrogen-bond donors (Lipinski definition) is 3. The van der Waals surface area contributed by atoms with Gasteiger partial charge >= 0.3 is 5.97 Å². The Morgan fingerprint density at radius 1 is 1.22 bits per heavy atom. The van der Waals surface area contributed by atoms with Crippen molar-refractivity contribution in [2.24, 2.45) is 0 Å². The van der Waals surface area contributed by atoms with Gasteiger partial charge in [-0.25, -0.2) is 4.79 Å². The molecule has 0 heterocycles. The highest BCUT2D eigenvalue weighted by molar-refractivity contribution is 6.32. The van der Waals surface area contributed by atoms with Crippen LogP contribution in [0.2, 0.25) is 5.02 Å². The third-order valence-electron chi connectivity index (χ3n) is 4.12. The maximum atomic E-state index is 12.5. The number of halogens is 1. The lowest BCUT2D eigenvalue weighted by Gasteiger charge is -2.24. The summed E-state index contributed by atoms with van der Waals surface area (Å²) in [5.74, 6) is -2.53. The Labute approximate surface area is 159 Å². The van der Waals surface area contributed by atoms with Gasteiger partial charge in [-0.2, -0.15) is 0 Å². The van der Waals surface area contributed by atoms with E-state index >= 15 is 0 Å². The molecule has 8 nitrogen and oxygen atoms in total. The molecule has 0 aliphatic carbocycles. The first kappa shape index (κ1) is 20.2. The number of carboxylic acid groups (broad SMARTS) is 1. The summed E-state index contributed by atoms with van der Waals surface area (Å²) in [6, 6.07) is 8.26. The molecule has 0 aliphatic rings. The van der Waals surface area contributed by atoms with Crippen molar-refractivity contribution in [3.8, 4) is 5.75 Å². The molecule has 142 valence electrons. The monoisotopic (exact) mass is 392 g/mol. The maximum absolute atomic E-state index is 12.5. The van der Waals surface area contributed by atoms with Crippen LogP contribution in [-0.4, -0.2) is 33.1 Å². The van der Waals surface area contributed by atoms with Gasteiger partial charge in [-0.3, -0.25) is 14.9 Å². The van der Waals surface area contributed by atoms with Crippen LogP contribution in [0.5, 0.6) is 5.75 Å². The zero-order valence-corrected chi connectivity index (χ0v) is 15.0. The molecule has 0 saturated heterocycles. The molecule has 0 aliphatic heterocycles. The number of hydrogen-bond acceptors (Lipinski definition) is 5. The quantitative estimate of drug-likeness (QED) is 0.489. The predicted molar refractivity (Wildman–Crippen MR) is 98.1 cm³/mol. The van der Waals surface area contributed by atoms with Gasteiger partial charge in [-0.05, 0) is 36.2 Å². The highest BCUT2D eigenvalue weighted by Crippen LogP contribution is 2.27. The molecule has 0 radical (unpaired) electrons. The Balaban J connectivity index is 2.31. The SMILES string of the molecule is CCC(c1ccc(O)cc1)C(NC(=O)c1ccc(Cl)c([N+](=O)[O-])c1)C(=O)O. The molecule has 2 aromatic rings. The van der Waals surface area contributed by atoms with E-state index in [0.29, 0.717) is 12.0 Å². The number of carbonyl (C=O) groups is 2. The molecule has 0 spiro atoms. The van der Waals surface area contributed by atoms with Gasteiger partial charge in [0.15, 0.2) is 0 Å². The lowest BCUT2D eigenvalue weighted by molar-refractivity contribution is -0.384. The van der Waals surface area contributed by atoms with Crippen LogP contribution in [0.1, 0.15) is 35.2 Å². The second kappa shape index (κ2) is 8.50. The van der Waals surface area contributed by atoms with E-state index in [-0.39, 0.29) is 16.3 Å². The Hall–Kier alpha value is -3.13. The second-order valence-corrected chi connectivity index (χ2v) is 6.23. The number of nitro groups is 1. The molecule has 2 rings (SSSR count). The van der Waals surface area contributed by atoms with Crippen molar-refractivity contribution in [1.82, 2.24) is 5.32 Å². The van der Waals surface area contributed by atoms with Crippen LogP contribution >= 0.6 is 11.6 Å². The summed E-state index contributed by atoms with van der Waals surface area (Å²) >= 11 is 5.73. The van der Waals surface area contributed by atoms with Crippen molar-refractivity contribution in [2.45, 2.75) is 25.3 Å². The van der Waals surface area contributed by atoms with Crippen molar-refractivity contribution >= 4 is 29.2 Å². The lowest BCUT2D eigenvalue weighted by Crippen LogP contribution is -2.44. The number of benzene rings is 2. The zero-order valence-electron chi connectivity index (χ0n) is 14.3. The van der Waals surface area contributed by atoms with Gasteiger partial charge in [-0.1, -0.05) is 30.7 Å². The Morgan fingerprint density at radius 3 is 2.37 bits per heavy atom. The number of carboxylic acids is 1. The molecule has 2 atom stereocenters. The number of rotatable bonds is 7. The number of nitro benzene ring substituents is 1. The first-order valence-corrected chi connectivity index (χ1v) is 8.39. The number of amides is 1.